The van der Waals surface area contributed by atoms with Crippen LogP contribution < -0.4 is 5.32 Å². The van der Waals surface area contributed by atoms with E-state index in [4.69, 9.17) is 0 Å². The fourth-order valence-electron chi connectivity index (χ4n) is 2.44. The Bertz CT molecular complexity index is 884. The monoisotopic (exact) mass is 355 g/mol. The van der Waals surface area contributed by atoms with Gasteiger partial charge in [-0.15, -0.1) is 16.4 Å². The maximum Gasteiger partial charge on any atom is 0.263 e. The largest absolute Gasteiger partial charge is 0.349 e. The summed E-state index contributed by atoms with van der Waals surface area (Å²) in [6.07, 6.45) is 0.890. The van der Waals surface area contributed by atoms with E-state index in [-0.39, 0.29) is 11.9 Å². The topological polar surface area (TPSA) is 72.7 Å². The molecule has 2 heterocycles. The molecule has 0 aliphatic carbocycles. The van der Waals surface area contributed by atoms with Crippen LogP contribution in [-0.4, -0.2) is 31.9 Å². The van der Waals surface area contributed by atoms with E-state index in [1.807, 2.05) is 58.0 Å². The maximum absolute atomic E-state index is 12.4. The molecule has 0 spiro atoms. The van der Waals surface area contributed by atoms with Crippen LogP contribution in [0.5, 0.6) is 0 Å². The first-order valence-electron chi connectivity index (χ1n) is 8.27. The van der Waals surface area contributed by atoms with Gasteiger partial charge >= 0.3 is 0 Å². The molecule has 0 bridgehead atoms. The van der Waals surface area contributed by atoms with Crippen molar-refractivity contribution in [2.24, 2.45) is 0 Å². The molecule has 0 aliphatic rings. The lowest BCUT2D eigenvalue weighted by atomic mass is 10.2. The molecular weight excluding hydrogens is 334 g/mol. The van der Waals surface area contributed by atoms with Gasteiger partial charge in [-0.05, 0) is 39.3 Å². The van der Waals surface area contributed by atoms with Gasteiger partial charge in [0.2, 0.25) is 0 Å². The van der Waals surface area contributed by atoms with Gasteiger partial charge < -0.3 is 5.32 Å². The van der Waals surface area contributed by atoms with E-state index in [0.717, 1.165) is 23.5 Å². The summed E-state index contributed by atoms with van der Waals surface area (Å²) in [5.41, 5.74) is 3.27. The maximum atomic E-state index is 12.4. The minimum atomic E-state index is -0.0799. The van der Waals surface area contributed by atoms with Crippen molar-refractivity contribution in [2.45, 2.75) is 40.2 Å². The van der Waals surface area contributed by atoms with Gasteiger partial charge in [0.15, 0.2) is 0 Å². The zero-order valence-corrected chi connectivity index (χ0v) is 15.6. The standard InChI is InChI=1S/C18H21N5OS/c1-5-11(2)19-17(24)16-12(3)20-18(25-16)15-13(4)23(22-21-15)14-9-7-6-8-10-14/h6-11H,5H2,1-4H3,(H,19,24)/t11-/m0/s1. The number of carbonyl (C=O) groups excluding carboxylic acids is 1. The minimum absolute atomic E-state index is 0.0799. The van der Waals surface area contributed by atoms with Crippen molar-refractivity contribution >= 4 is 17.2 Å². The number of hydrogen-bond acceptors (Lipinski definition) is 5. The van der Waals surface area contributed by atoms with E-state index in [0.29, 0.717) is 15.6 Å². The average Bonchev–Trinajstić information content (AvgIpc) is 3.18. The minimum Gasteiger partial charge on any atom is -0.349 e. The Morgan fingerprint density at radius 2 is 2.00 bits per heavy atom. The smallest absolute Gasteiger partial charge is 0.263 e. The van der Waals surface area contributed by atoms with Crippen LogP contribution in [0, 0.1) is 13.8 Å². The fourth-order valence-corrected chi connectivity index (χ4v) is 3.45. The van der Waals surface area contributed by atoms with Crippen LogP contribution in [0.3, 0.4) is 0 Å². The number of aromatic nitrogens is 4. The summed E-state index contributed by atoms with van der Waals surface area (Å²) in [7, 11) is 0. The van der Waals surface area contributed by atoms with Crippen molar-refractivity contribution in [1.29, 1.82) is 0 Å². The van der Waals surface area contributed by atoms with Crippen LogP contribution in [0.1, 0.15) is 41.3 Å². The molecule has 0 radical (unpaired) electrons. The first kappa shape index (κ1) is 17.3. The number of aryl methyl sites for hydroxylation is 1. The Kier molecular flexibility index (Phi) is 4.94. The van der Waals surface area contributed by atoms with Crippen molar-refractivity contribution < 1.29 is 4.79 Å². The highest BCUT2D eigenvalue weighted by Gasteiger charge is 2.21. The van der Waals surface area contributed by atoms with E-state index in [1.54, 1.807) is 4.68 Å². The van der Waals surface area contributed by atoms with Gasteiger partial charge in [0, 0.05) is 6.04 Å². The van der Waals surface area contributed by atoms with Gasteiger partial charge in [0.05, 0.1) is 17.1 Å². The molecule has 1 aromatic carbocycles. The fraction of sp³-hybridized carbons (Fsp3) is 0.333. The number of amides is 1. The highest BCUT2D eigenvalue weighted by molar-refractivity contribution is 7.17. The van der Waals surface area contributed by atoms with Crippen molar-refractivity contribution in [1.82, 2.24) is 25.3 Å². The third-order valence-electron chi connectivity index (χ3n) is 4.09. The lowest BCUT2D eigenvalue weighted by Crippen LogP contribution is -2.31. The van der Waals surface area contributed by atoms with E-state index >= 15 is 0 Å². The summed E-state index contributed by atoms with van der Waals surface area (Å²) >= 11 is 1.36. The second-order valence-corrected chi connectivity index (χ2v) is 6.99. The molecule has 25 heavy (non-hydrogen) atoms. The summed E-state index contributed by atoms with van der Waals surface area (Å²) in [6, 6.07) is 9.97. The summed E-state index contributed by atoms with van der Waals surface area (Å²) < 4.78 is 1.78. The van der Waals surface area contributed by atoms with Gasteiger partial charge in [0.1, 0.15) is 15.6 Å². The van der Waals surface area contributed by atoms with E-state index in [1.165, 1.54) is 11.3 Å². The summed E-state index contributed by atoms with van der Waals surface area (Å²) in [6.45, 7) is 7.84. The molecule has 3 aromatic rings. The van der Waals surface area contributed by atoms with Crippen molar-refractivity contribution in [3.05, 3.63) is 46.6 Å². The molecule has 0 fully saturated rings. The molecular formula is C18H21N5OS. The van der Waals surface area contributed by atoms with Crippen LogP contribution in [0.2, 0.25) is 0 Å². The second kappa shape index (κ2) is 7.14. The SMILES string of the molecule is CC[C@H](C)NC(=O)c1sc(-c2nnn(-c3ccccc3)c2C)nc1C. The molecule has 1 N–H and O–H groups in total. The summed E-state index contributed by atoms with van der Waals surface area (Å²) in [4.78, 5) is 17.6. The molecule has 0 unspecified atom stereocenters. The van der Waals surface area contributed by atoms with Crippen LogP contribution in [0.4, 0.5) is 0 Å². The van der Waals surface area contributed by atoms with Crippen LogP contribution in [0.25, 0.3) is 16.4 Å². The van der Waals surface area contributed by atoms with Crippen molar-refractivity contribution in [2.75, 3.05) is 0 Å². The molecule has 0 saturated heterocycles. The Hall–Kier alpha value is -2.54. The van der Waals surface area contributed by atoms with Crippen molar-refractivity contribution in [3.8, 4) is 16.4 Å². The van der Waals surface area contributed by atoms with E-state index in [9.17, 15) is 4.79 Å². The normalized spacial score (nSPS) is 12.2. The van der Waals surface area contributed by atoms with E-state index < -0.39 is 0 Å². The van der Waals surface area contributed by atoms with Crippen LogP contribution >= 0.6 is 11.3 Å². The van der Waals surface area contributed by atoms with Crippen molar-refractivity contribution in [3.63, 3.8) is 0 Å². The summed E-state index contributed by atoms with van der Waals surface area (Å²) in [5, 5.41) is 12.2. The third kappa shape index (κ3) is 3.46. The molecule has 6 nitrogen and oxygen atoms in total. The third-order valence-corrected chi connectivity index (χ3v) is 5.25. The number of nitrogens with one attached hydrogen (secondary N) is 1. The van der Waals surface area contributed by atoms with Crippen LogP contribution in [0.15, 0.2) is 30.3 Å². The molecule has 1 atom stereocenters. The Balaban J connectivity index is 1.93. The Labute approximate surface area is 150 Å². The highest BCUT2D eigenvalue weighted by atomic mass is 32.1. The number of para-hydroxylation sites is 1. The quantitative estimate of drug-likeness (QED) is 0.760. The lowest BCUT2D eigenvalue weighted by molar-refractivity contribution is 0.0942. The molecule has 0 saturated carbocycles. The number of nitrogens with zero attached hydrogens (tertiary/aromatic N) is 4. The van der Waals surface area contributed by atoms with Gasteiger partial charge in [-0.1, -0.05) is 30.3 Å². The molecule has 0 aliphatic heterocycles. The predicted molar refractivity (Wildman–Crippen MR) is 99.2 cm³/mol. The number of benzene rings is 1. The molecule has 130 valence electrons. The first-order valence-corrected chi connectivity index (χ1v) is 9.09. The zero-order valence-electron chi connectivity index (χ0n) is 14.8. The lowest BCUT2D eigenvalue weighted by Gasteiger charge is -2.09. The predicted octanol–water partition coefficient (Wildman–Crippen LogP) is 3.54. The molecule has 3 rings (SSSR count). The highest BCUT2D eigenvalue weighted by Crippen LogP contribution is 2.29. The van der Waals surface area contributed by atoms with Crippen LogP contribution in [-0.2, 0) is 0 Å². The number of carbonyl (C=O) groups is 1. The van der Waals surface area contributed by atoms with Gasteiger partial charge in [-0.2, -0.15) is 0 Å². The molecule has 7 heteroatoms. The Morgan fingerprint density at radius 3 is 2.68 bits per heavy atom. The van der Waals surface area contributed by atoms with Gasteiger partial charge in [-0.25, -0.2) is 9.67 Å². The second-order valence-electron chi connectivity index (χ2n) is 5.99. The summed E-state index contributed by atoms with van der Waals surface area (Å²) in [5.74, 6) is -0.0799. The molecule has 1 amide bonds. The number of thiazole rings is 1. The Morgan fingerprint density at radius 1 is 1.28 bits per heavy atom. The molecule has 2 aromatic heterocycles. The number of hydrogen-bond donors (Lipinski definition) is 1. The average molecular weight is 355 g/mol. The zero-order chi connectivity index (χ0) is 18.0. The van der Waals surface area contributed by atoms with Gasteiger partial charge in [0.25, 0.3) is 5.91 Å². The van der Waals surface area contributed by atoms with E-state index in [2.05, 4.69) is 20.6 Å². The number of rotatable bonds is 5. The first-order chi connectivity index (χ1) is 12.0. The van der Waals surface area contributed by atoms with Gasteiger partial charge in [-0.3, -0.25) is 4.79 Å².